The van der Waals surface area contributed by atoms with Crippen LogP contribution in [0.4, 0.5) is 5.69 Å². The standard InChI is InChI=1S/C11H10BrN3O/c1-7-4-11(15-6-14-7)16-10-3-2-8(12)5-9(10)13/h2-6H,13H2,1H3. The molecule has 82 valence electrons. The Hall–Kier alpha value is -1.62. The van der Waals surface area contributed by atoms with Crippen LogP contribution in [-0.2, 0) is 0 Å². The van der Waals surface area contributed by atoms with Crippen LogP contribution in [0.25, 0.3) is 0 Å². The van der Waals surface area contributed by atoms with Crippen molar-refractivity contribution in [1.82, 2.24) is 9.97 Å². The molecule has 2 N–H and O–H groups in total. The Morgan fingerprint density at radius 2 is 2.06 bits per heavy atom. The zero-order valence-corrected chi connectivity index (χ0v) is 10.2. The molecule has 0 aliphatic carbocycles. The summed E-state index contributed by atoms with van der Waals surface area (Å²) in [5, 5.41) is 0. The zero-order chi connectivity index (χ0) is 11.5. The van der Waals surface area contributed by atoms with Crippen LogP contribution < -0.4 is 10.5 Å². The van der Waals surface area contributed by atoms with Crippen LogP contribution in [0.2, 0.25) is 0 Å². The number of aryl methyl sites for hydroxylation is 1. The molecule has 1 aromatic carbocycles. The van der Waals surface area contributed by atoms with Crippen molar-refractivity contribution in [2.24, 2.45) is 0 Å². The summed E-state index contributed by atoms with van der Waals surface area (Å²) >= 11 is 3.33. The molecule has 0 aliphatic heterocycles. The number of ether oxygens (including phenoxy) is 1. The molecule has 2 aromatic rings. The lowest BCUT2D eigenvalue weighted by Crippen LogP contribution is -1.94. The van der Waals surface area contributed by atoms with Gasteiger partial charge < -0.3 is 10.5 Å². The van der Waals surface area contributed by atoms with E-state index >= 15 is 0 Å². The van der Waals surface area contributed by atoms with Gasteiger partial charge in [0, 0.05) is 16.2 Å². The van der Waals surface area contributed by atoms with Crippen molar-refractivity contribution in [2.45, 2.75) is 6.92 Å². The van der Waals surface area contributed by atoms with Crippen molar-refractivity contribution >= 4 is 21.6 Å². The van der Waals surface area contributed by atoms with Gasteiger partial charge in [0.05, 0.1) is 5.69 Å². The van der Waals surface area contributed by atoms with Crippen molar-refractivity contribution in [3.8, 4) is 11.6 Å². The second-order valence-electron chi connectivity index (χ2n) is 3.28. The quantitative estimate of drug-likeness (QED) is 0.859. The van der Waals surface area contributed by atoms with E-state index in [1.807, 2.05) is 13.0 Å². The van der Waals surface area contributed by atoms with Gasteiger partial charge in [0.15, 0.2) is 5.75 Å². The molecule has 0 unspecified atom stereocenters. The minimum absolute atomic E-state index is 0.488. The van der Waals surface area contributed by atoms with E-state index in [0.717, 1.165) is 10.2 Å². The van der Waals surface area contributed by atoms with Gasteiger partial charge in [-0.2, -0.15) is 0 Å². The summed E-state index contributed by atoms with van der Waals surface area (Å²) in [6.07, 6.45) is 1.46. The first kappa shape index (κ1) is 10.9. The Labute approximate surface area is 102 Å². The number of aromatic nitrogens is 2. The van der Waals surface area contributed by atoms with E-state index in [1.165, 1.54) is 6.33 Å². The maximum absolute atomic E-state index is 5.81. The summed E-state index contributed by atoms with van der Waals surface area (Å²) in [5.41, 5.74) is 7.22. The van der Waals surface area contributed by atoms with Crippen molar-refractivity contribution in [3.63, 3.8) is 0 Å². The molecule has 0 radical (unpaired) electrons. The Morgan fingerprint density at radius 1 is 1.25 bits per heavy atom. The number of halogens is 1. The van der Waals surface area contributed by atoms with Crippen molar-refractivity contribution in [3.05, 3.63) is 40.8 Å². The fourth-order valence-electron chi connectivity index (χ4n) is 1.21. The van der Waals surface area contributed by atoms with E-state index in [2.05, 4.69) is 25.9 Å². The van der Waals surface area contributed by atoms with Crippen LogP contribution in [0.1, 0.15) is 5.69 Å². The molecule has 5 heteroatoms. The molecule has 1 heterocycles. The van der Waals surface area contributed by atoms with Gasteiger partial charge in [-0.15, -0.1) is 0 Å². The third-order valence-corrected chi connectivity index (χ3v) is 2.46. The summed E-state index contributed by atoms with van der Waals surface area (Å²) in [7, 11) is 0. The van der Waals surface area contributed by atoms with Crippen LogP contribution in [0, 0.1) is 6.92 Å². The van der Waals surface area contributed by atoms with Crippen molar-refractivity contribution in [2.75, 3.05) is 5.73 Å². The summed E-state index contributed by atoms with van der Waals surface area (Å²) in [5.74, 6) is 1.07. The smallest absolute Gasteiger partial charge is 0.222 e. The number of hydrogen-bond donors (Lipinski definition) is 1. The number of nitrogens with zero attached hydrogens (tertiary/aromatic N) is 2. The van der Waals surface area contributed by atoms with Gasteiger partial charge in [-0.05, 0) is 25.1 Å². The highest BCUT2D eigenvalue weighted by Crippen LogP contribution is 2.28. The number of anilines is 1. The largest absolute Gasteiger partial charge is 0.437 e. The molecule has 0 atom stereocenters. The first-order valence-corrected chi connectivity index (χ1v) is 5.46. The van der Waals surface area contributed by atoms with Crippen LogP contribution in [0.15, 0.2) is 35.1 Å². The number of nitrogen functional groups attached to an aromatic ring is 1. The fourth-order valence-corrected chi connectivity index (χ4v) is 1.59. The lowest BCUT2D eigenvalue weighted by molar-refractivity contribution is 0.463. The van der Waals surface area contributed by atoms with E-state index in [-0.39, 0.29) is 0 Å². The van der Waals surface area contributed by atoms with Gasteiger partial charge in [0.2, 0.25) is 5.88 Å². The lowest BCUT2D eigenvalue weighted by atomic mass is 10.3. The molecule has 0 saturated carbocycles. The molecule has 0 bridgehead atoms. The van der Waals surface area contributed by atoms with Gasteiger partial charge in [0.1, 0.15) is 6.33 Å². The first-order valence-electron chi connectivity index (χ1n) is 4.66. The SMILES string of the molecule is Cc1cc(Oc2ccc(Br)cc2N)ncn1. The van der Waals surface area contributed by atoms with Gasteiger partial charge >= 0.3 is 0 Å². The van der Waals surface area contributed by atoms with Crippen LogP contribution in [0.3, 0.4) is 0 Å². The molecular weight excluding hydrogens is 270 g/mol. The number of rotatable bonds is 2. The highest BCUT2D eigenvalue weighted by Gasteiger charge is 2.03. The normalized spacial score (nSPS) is 10.1. The summed E-state index contributed by atoms with van der Waals surface area (Å²) in [6.45, 7) is 1.87. The van der Waals surface area contributed by atoms with Gasteiger partial charge in [-0.1, -0.05) is 15.9 Å². The molecule has 0 spiro atoms. The van der Waals surface area contributed by atoms with Crippen LogP contribution >= 0.6 is 15.9 Å². The van der Waals surface area contributed by atoms with E-state index in [1.54, 1.807) is 18.2 Å². The minimum atomic E-state index is 0.488. The summed E-state index contributed by atoms with van der Waals surface area (Å²) in [6, 6.07) is 7.18. The van der Waals surface area contributed by atoms with Crippen molar-refractivity contribution < 1.29 is 4.74 Å². The molecule has 0 amide bonds. The van der Waals surface area contributed by atoms with E-state index in [9.17, 15) is 0 Å². The van der Waals surface area contributed by atoms with Crippen LogP contribution in [-0.4, -0.2) is 9.97 Å². The summed E-state index contributed by atoms with van der Waals surface area (Å²) < 4.78 is 6.46. The molecule has 1 aromatic heterocycles. The first-order chi connectivity index (χ1) is 7.65. The second kappa shape index (κ2) is 4.49. The van der Waals surface area contributed by atoms with E-state index < -0.39 is 0 Å². The maximum atomic E-state index is 5.81. The number of hydrogen-bond acceptors (Lipinski definition) is 4. The average molecular weight is 280 g/mol. The molecule has 4 nitrogen and oxygen atoms in total. The fraction of sp³-hybridized carbons (Fsp3) is 0.0909. The average Bonchev–Trinajstić information content (AvgIpc) is 2.22. The van der Waals surface area contributed by atoms with Gasteiger partial charge in [-0.3, -0.25) is 0 Å². The lowest BCUT2D eigenvalue weighted by Gasteiger charge is -2.07. The Kier molecular flexibility index (Phi) is 3.05. The molecule has 0 aliphatic rings. The van der Waals surface area contributed by atoms with Crippen molar-refractivity contribution in [1.29, 1.82) is 0 Å². The highest BCUT2D eigenvalue weighted by molar-refractivity contribution is 9.10. The minimum Gasteiger partial charge on any atom is -0.437 e. The topological polar surface area (TPSA) is 61.0 Å². The predicted molar refractivity (Wildman–Crippen MR) is 65.4 cm³/mol. The molecule has 2 rings (SSSR count). The zero-order valence-electron chi connectivity index (χ0n) is 8.64. The van der Waals surface area contributed by atoms with Crippen LogP contribution in [0.5, 0.6) is 11.6 Å². The summed E-state index contributed by atoms with van der Waals surface area (Å²) in [4.78, 5) is 7.99. The number of nitrogens with two attached hydrogens (primary N) is 1. The predicted octanol–water partition coefficient (Wildman–Crippen LogP) is 2.92. The Balaban J connectivity index is 2.27. The molecule has 0 saturated heterocycles. The molecular formula is C11H10BrN3O. The highest BCUT2D eigenvalue weighted by atomic mass is 79.9. The monoisotopic (exact) mass is 279 g/mol. The van der Waals surface area contributed by atoms with E-state index in [0.29, 0.717) is 17.3 Å². The maximum Gasteiger partial charge on any atom is 0.222 e. The Bertz CT molecular complexity index is 516. The third kappa shape index (κ3) is 2.49. The van der Waals surface area contributed by atoms with Gasteiger partial charge in [0.25, 0.3) is 0 Å². The number of benzene rings is 1. The van der Waals surface area contributed by atoms with E-state index in [4.69, 9.17) is 10.5 Å². The van der Waals surface area contributed by atoms with Gasteiger partial charge in [-0.25, -0.2) is 9.97 Å². The molecule has 0 fully saturated rings. The Morgan fingerprint density at radius 3 is 2.75 bits per heavy atom. The molecule has 16 heavy (non-hydrogen) atoms. The third-order valence-electron chi connectivity index (χ3n) is 1.97. The second-order valence-corrected chi connectivity index (χ2v) is 4.20.